The lowest BCUT2D eigenvalue weighted by atomic mass is 9.98. The van der Waals surface area contributed by atoms with Crippen molar-refractivity contribution in [3.63, 3.8) is 0 Å². The summed E-state index contributed by atoms with van der Waals surface area (Å²) < 4.78 is 10.1. The summed E-state index contributed by atoms with van der Waals surface area (Å²) in [6.45, 7) is 4.55. The van der Waals surface area contributed by atoms with E-state index >= 15 is 0 Å². The number of nitrogens with one attached hydrogen (secondary N) is 1. The molecule has 0 amide bonds. The minimum Gasteiger partial charge on any atom is -0.377 e. The second kappa shape index (κ2) is 5.44. The summed E-state index contributed by atoms with van der Waals surface area (Å²) in [5.41, 5.74) is 0. The summed E-state index contributed by atoms with van der Waals surface area (Å²) in [5.74, 6) is 2.27. The summed E-state index contributed by atoms with van der Waals surface area (Å²) >= 11 is 0. The monoisotopic (exact) mass is 233 g/mol. The highest BCUT2D eigenvalue weighted by atomic mass is 35.5. The van der Waals surface area contributed by atoms with Crippen molar-refractivity contribution in [3.05, 3.63) is 11.7 Å². The van der Waals surface area contributed by atoms with Gasteiger partial charge in [0.15, 0.2) is 5.82 Å². The van der Waals surface area contributed by atoms with Gasteiger partial charge in [-0.25, -0.2) is 0 Å². The van der Waals surface area contributed by atoms with Crippen molar-refractivity contribution in [1.82, 2.24) is 15.5 Å². The summed E-state index contributed by atoms with van der Waals surface area (Å²) in [7, 11) is 1.62. The van der Waals surface area contributed by atoms with Gasteiger partial charge in [0.05, 0.1) is 5.92 Å². The van der Waals surface area contributed by atoms with Gasteiger partial charge in [-0.05, 0) is 12.5 Å². The highest BCUT2D eigenvalue weighted by Crippen LogP contribution is 2.25. The van der Waals surface area contributed by atoms with Gasteiger partial charge in [0, 0.05) is 13.7 Å². The second-order valence-electron chi connectivity index (χ2n) is 3.72. The zero-order valence-electron chi connectivity index (χ0n) is 8.90. The van der Waals surface area contributed by atoms with Crippen LogP contribution in [0, 0.1) is 5.92 Å². The number of aromatic nitrogens is 2. The van der Waals surface area contributed by atoms with E-state index in [0.717, 1.165) is 19.0 Å². The van der Waals surface area contributed by atoms with Crippen LogP contribution in [0.15, 0.2) is 4.52 Å². The van der Waals surface area contributed by atoms with E-state index in [1.165, 1.54) is 0 Å². The van der Waals surface area contributed by atoms with Gasteiger partial charge in [-0.15, -0.1) is 12.4 Å². The average Bonchev–Trinajstić information content (AvgIpc) is 2.74. The quantitative estimate of drug-likeness (QED) is 0.843. The third kappa shape index (κ3) is 2.68. The Morgan fingerprint density at radius 2 is 2.33 bits per heavy atom. The molecule has 0 bridgehead atoms. The zero-order chi connectivity index (χ0) is 9.97. The summed E-state index contributed by atoms with van der Waals surface area (Å²) in [6.07, 6.45) is 0. The van der Waals surface area contributed by atoms with E-state index in [1.54, 1.807) is 7.11 Å². The molecule has 1 aromatic rings. The molecule has 6 heteroatoms. The van der Waals surface area contributed by atoms with E-state index < -0.39 is 0 Å². The molecule has 2 atom stereocenters. The minimum absolute atomic E-state index is 0. The first-order chi connectivity index (χ1) is 6.81. The van der Waals surface area contributed by atoms with Crippen LogP contribution in [-0.2, 0) is 11.3 Å². The van der Waals surface area contributed by atoms with Crippen LogP contribution in [0.2, 0.25) is 0 Å². The smallest absolute Gasteiger partial charge is 0.231 e. The van der Waals surface area contributed by atoms with E-state index in [0.29, 0.717) is 24.3 Å². The lowest BCUT2D eigenvalue weighted by molar-refractivity contribution is 0.174. The van der Waals surface area contributed by atoms with Crippen molar-refractivity contribution < 1.29 is 9.26 Å². The number of hydrogen-bond donors (Lipinski definition) is 1. The van der Waals surface area contributed by atoms with E-state index in [2.05, 4.69) is 22.4 Å². The standard InChI is InChI=1S/C9H15N3O2.ClH/c1-6-3-10-4-7(6)9-11-8(5-13-2)12-14-9;/h6-7,10H,3-5H2,1-2H3;1H/t6-,7-;/m1./s1. The van der Waals surface area contributed by atoms with Crippen molar-refractivity contribution in [3.8, 4) is 0 Å². The number of hydrogen-bond acceptors (Lipinski definition) is 5. The van der Waals surface area contributed by atoms with Gasteiger partial charge >= 0.3 is 0 Å². The van der Waals surface area contributed by atoms with E-state index in [1.807, 2.05) is 0 Å². The molecule has 0 aromatic carbocycles. The topological polar surface area (TPSA) is 60.2 Å². The molecule has 1 aromatic heterocycles. The Bertz CT molecular complexity index is 305. The molecular formula is C9H16ClN3O2. The molecule has 0 spiro atoms. The molecule has 0 aliphatic carbocycles. The molecule has 86 valence electrons. The van der Waals surface area contributed by atoms with Crippen molar-refractivity contribution in [2.45, 2.75) is 19.4 Å². The van der Waals surface area contributed by atoms with Crippen LogP contribution < -0.4 is 5.32 Å². The third-order valence-electron chi connectivity index (χ3n) is 2.59. The maximum Gasteiger partial charge on any atom is 0.231 e. The van der Waals surface area contributed by atoms with Gasteiger partial charge < -0.3 is 14.6 Å². The van der Waals surface area contributed by atoms with Crippen molar-refractivity contribution >= 4 is 12.4 Å². The fourth-order valence-electron chi connectivity index (χ4n) is 1.75. The molecule has 1 N–H and O–H groups in total. The zero-order valence-corrected chi connectivity index (χ0v) is 9.71. The van der Waals surface area contributed by atoms with Gasteiger partial charge in [0.1, 0.15) is 6.61 Å². The molecule has 2 heterocycles. The molecular weight excluding hydrogens is 218 g/mol. The van der Waals surface area contributed by atoms with Crippen LogP contribution in [0.3, 0.4) is 0 Å². The Balaban J connectivity index is 0.00000112. The first-order valence-electron chi connectivity index (χ1n) is 4.83. The van der Waals surface area contributed by atoms with Crippen molar-refractivity contribution in [2.24, 2.45) is 5.92 Å². The Morgan fingerprint density at radius 1 is 1.53 bits per heavy atom. The number of rotatable bonds is 3. The molecule has 1 aliphatic heterocycles. The highest BCUT2D eigenvalue weighted by Gasteiger charge is 2.29. The number of nitrogens with zero attached hydrogens (tertiary/aromatic N) is 2. The molecule has 5 nitrogen and oxygen atoms in total. The predicted octanol–water partition coefficient (Wildman–Crippen LogP) is 0.961. The largest absolute Gasteiger partial charge is 0.377 e. The Labute approximate surface area is 95.0 Å². The van der Waals surface area contributed by atoms with Crippen LogP contribution in [0.5, 0.6) is 0 Å². The SMILES string of the molecule is COCc1noc([C@@H]2CNC[C@H]2C)n1.Cl. The number of methoxy groups -OCH3 is 1. The summed E-state index contributed by atoms with van der Waals surface area (Å²) in [6, 6.07) is 0. The Morgan fingerprint density at radius 3 is 2.93 bits per heavy atom. The summed E-state index contributed by atoms with van der Waals surface area (Å²) in [5, 5.41) is 7.15. The second-order valence-corrected chi connectivity index (χ2v) is 3.72. The lowest BCUT2D eigenvalue weighted by Crippen LogP contribution is -2.08. The van der Waals surface area contributed by atoms with Gasteiger partial charge in [0.2, 0.25) is 5.89 Å². The van der Waals surface area contributed by atoms with Crippen LogP contribution in [0.4, 0.5) is 0 Å². The first-order valence-corrected chi connectivity index (χ1v) is 4.83. The maximum absolute atomic E-state index is 5.19. The normalized spacial score (nSPS) is 25.2. The van der Waals surface area contributed by atoms with E-state index in [-0.39, 0.29) is 12.4 Å². The molecule has 15 heavy (non-hydrogen) atoms. The van der Waals surface area contributed by atoms with Crippen LogP contribution in [0.25, 0.3) is 0 Å². The molecule has 2 rings (SSSR count). The average molecular weight is 234 g/mol. The van der Waals surface area contributed by atoms with Crippen LogP contribution in [0.1, 0.15) is 24.6 Å². The predicted molar refractivity (Wildman–Crippen MR) is 57.0 cm³/mol. The number of ether oxygens (including phenoxy) is 1. The van der Waals surface area contributed by atoms with Crippen LogP contribution >= 0.6 is 12.4 Å². The van der Waals surface area contributed by atoms with E-state index in [9.17, 15) is 0 Å². The molecule has 0 unspecified atom stereocenters. The third-order valence-corrected chi connectivity index (χ3v) is 2.59. The van der Waals surface area contributed by atoms with Crippen molar-refractivity contribution in [1.29, 1.82) is 0 Å². The van der Waals surface area contributed by atoms with E-state index in [4.69, 9.17) is 9.26 Å². The maximum atomic E-state index is 5.19. The molecule has 0 saturated carbocycles. The van der Waals surface area contributed by atoms with Gasteiger partial charge in [-0.2, -0.15) is 4.98 Å². The van der Waals surface area contributed by atoms with Crippen LogP contribution in [-0.4, -0.2) is 30.3 Å². The first kappa shape index (κ1) is 12.4. The molecule has 1 aliphatic rings. The van der Waals surface area contributed by atoms with Gasteiger partial charge in [-0.3, -0.25) is 0 Å². The summed E-state index contributed by atoms with van der Waals surface area (Å²) in [4.78, 5) is 4.29. The van der Waals surface area contributed by atoms with Gasteiger partial charge in [-0.1, -0.05) is 12.1 Å². The molecule has 1 fully saturated rings. The molecule has 1 saturated heterocycles. The molecule has 0 radical (unpaired) electrons. The Kier molecular flexibility index (Phi) is 4.50. The minimum atomic E-state index is 0. The van der Waals surface area contributed by atoms with Gasteiger partial charge in [0.25, 0.3) is 0 Å². The van der Waals surface area contributed by atoms with Crippen molar-refractivity contribution in [2.75, 3.05) is 20.2 Å². The fraction of sp³-hybridized carbons (Fsp3) is 0.778. The number of halogens is 1. The highest BCUT2D eigenvalue weighted by molar-refractivity contribution is 5.85. The fourth-order valence-corrected chi connectivity index (χ4v) is 1.75. The Hall–Kier alpha value is -0.650. The lowest BCUT2D eigenvalue weighted by Gasteiger charge is -2.07.